The zero-order chi connectivity index (χ0) is 18.2. The molecule has 0 radical (unpaired) electrons. The van der Waals surface area contributed by atoms with Gasteiger partial charge >= 0.3 is 5.97 Å². The molecule has 0 heterocycles. The Morgan fingerprint density at radius 3 is 2.24 bits per heavy atom. The summed E-state index contributed by atoms with van der Waals surface area (Å²) in [5.74, 6) is -0.801. The Bertz CT molecular complexity index is 751. The van der Waals surface area contributed by atoms with Gasteiger partial charge in [0.05, 0.1) is 25.3 Å². The summed E-state index contributed by atoms with van der Waals surface area (Å²) in [4.78, 5) is 29.4. The van der Waals surface area contributed by atoms with Crippen LogP contribution in [-0.4, -0.2) is 31.2 Å². The molecule has 0 bridgehead atoms. The van der Waals surface area contributed by atoms with E-state index < -0.39 is 11.9 Å². The number of carbonyl (C=O) groups is 2. The fourth-order valence-electron chi connectivity index (χ4n) is 2.30. The predicted octanol–water partition coefficient (Wildman–Crippen LogP) is 3.85. The summed E-state index contributed by atoms with van der Waals surface area (Å²) in [5, 5.41) is 0. The first-order valence-corrected chi connectivity index (χ1v) is 8.05. The topological polar surface area (TPSA) is 65.0 Å². The van der Waals surface area contributed by atoms with Crippen LogP contribution in [0.15, 0.2) is 59.6 Å². The van der Waals surface area contributed by atoms with E-state index >= 15 is 0 Å². The van der Waals surface area contributed by atoms with Crippen molar-refractivity contribution in [2.24, 2.45) is 10.9 Å². The van der Waals surface area contributed by atoms with Crippen LogP contribution >= 0.6 is 0 Å². The van der Waals surface area contributed by atoms with Crippen molar-refractivity contribution >= 4 is 23.2 Å². The minimum absolute atomic E-state index is 0.0841. The first-order chi connectivity index (χ1) is 12.1. The molecule has 0 spiro atoms. The number of benzene rings is 2. The van der Waals surface area contributed by atoms with E-state index in [4.69, 9.17) is 9.47 Å². The lowest BCUT2D eigenvalue weighted by Crippen LogP contribution is -2.30. The van der Waals surface area contributed by atoms with Crippen LogP contribution in [-0.2, 0) is 9.53 Å². The summed E-state index contributed by atoms with van der Waals surface area (Å²) in [6.45, 7) is 3.59. The van der Waals surface area contributed by atoms with Crippen LogP contribution in [0.25, 0.3) is 0 Å². The highest BCUT2D eigenvalue weighted by atomic mass is 16.5. The fourth-order valence-corrected chi connectivity index (χ4v) is 2.30. The fraction of sp³-hybridized carbons (Fsp3) is 0.250. The number of ether oxygens (including phenoxy) is 2. The third-order valence-electron chi connectivity index (χ3n) is 3.67. The molecule has 1 unspecified atom stereocenters. The molecular weight excluding hydrogens is 318 g/mol. The van der Waals surface area contributed by atoms with Crippen molar-refractivity contribution in [2.45, 2.75) is 13.8 Å². The minimum atomic E-state index is -0.719. The molecule has 2 aromatic carbocycles. The molecule has 0 aromatic heterocycles. The summed E-state index contributed by atoms with van der Waals surface area (Å²) >= 11 is 0. The molecule has 0 saturated heterocycles. The van der Waals surface area contributed by atoms with Gasteiger partial charge in [0.15, 0.2) is 5.78 Å². The summed E-state index contributed by atoms with van der Waals surface area (Å²) < 4.78 is 10.2. The highest BCUT2D eigenvalue weighted by Crippen LogP contribution is 2.20. The molecule has 130 valence electrons. The second-order valence-corrected chi connectivity index (χ2v) is 5.37. The summed E-state index contributed by atoms with van der Waals surface area (Å²) in [5.41, 5.74) is 1.17. The smallest absolute Gasteiger partial charge is 0.353 e. The molecule has 0 aliphatic rings. The van der Waals surface area contributed by atoms with Crippen molar-refractivity contribution in [3.05, 3.63) is 60.2 Å². The van der Waals surface area contributed by atoms with Gasteiger partial charge in [0.2, 0.25) is 0 Å². The molecule has 0 aliphatic carbocycles. The second kappa shape index (κ2) is 8.78. The van der Waals surface area contributed by atoms with Gasteiger partial charge in [0.25, 0.3) is 0 Å². The molecular formula is C20H21NO4. The number of Topliss-reactive ketones (excluding diaryl/α,β-unsaturated/α-hetero) is 1. The van der Waals surface area contributed by atoms with Gasteiger partial charge in [-0.1, -0.05) is 30.3 Å². The lowest BCUT2D eigenvalue weighted by atomic mass is 9.94. The van der Waals surface area contributed by atoms with Gasteiger partial charge in [-0.2, -0.15) is 0 Å². The number of hydrogen-bond donors (Lipinski definition) is 0. The Labute approximate surface area is 147 Å². The summed E-state index contributed by atoms with van der Waals surface area (Å²) in [6, 6.07) is 15.8. The van der Waals surface area contributed by atoms with Crippen molar-refractivity contribution in [1.82, 2.24) is 0 Å². The van der Waals surface area contributed by atoms with E-state index in [1.807, 2.05) is 6.07 Å². The number of methoxy groups -OCH3 is 1. The van der Waals surface area contributed by atoms with Crippen LogP contribution in [0.2, 0.25) is 0 Å². The molecule has 0 amide bonds. The minimum Gasteiger partial charge on any atom is -0.497 e. The van der Waals surface area contributed by atoms with Crippen molar-refractivity contribution < 1.29 is 19.1 Å². The van der Waals surface area contributed by atoms with Gasteiger partial charge in [0.1, 0.15) is 11.5 Å². The van der Waals surface area contributed by atoms with Gasteiger partial charge < -0.3 is 9.47 Å². The van der Waals surface area contributed by atoms with Crippen molar-refractivity contribution in [1.29, 1.82) is 0 Å². The molecule has 5 nitrogen and oxygen atoms in total. The number of carbonyl (C=O) groups excluding carboxylic acids is 2. The number of hydrogen-bond acceptors (Lipinski definition) is 5. The van der Waals surface area contributed by atoms with Gasteiger partial charge in [-0.3, -0.25) is 4.79 Å². The maximum Gasteiger partial charge on any atom is 0.353 e. The highest BCUT2D eigenvalue weighted by molar-refractivity contribution is 6.42. The monoisotopic (exact) mass is 339 g/mol. The normalized spacial score (nSPS) is 12.4. The molecule has 25 heavy (non-hydrogen) atoms. The molecule has 0 N–H and O–H groups in total. The number of nitrogens with zero attached hydrogens (tertiary/aromatic N) is 1. The molecule has 2 aromatic rings. The molecule has 2 rings (SSSR count). The first-order valence-electron chi connectivity index (χ1n) is 8.05. The first kappa shape index (κ1) is 18.4. The van der Waals surface area contributed by atoms with Crippen molar-refractivity contribution in [3.63, 3.8) is 0 Å². The zero-order valence-electron chi connectivity index (χ0n) is 14.6. The third kappa shape index (κ3) is 4.76. The Hall–Kier alpha value is -2.95. The van der Waals surface area contributed by atoms with E-state index in [0.717, 1.165) is 0 Å². The third-order valence-corrected chi connectivity index (χ3v) is 3.67. The molecule has 0 fully saturated rings. The van der Waals surface area contributed by atoms with E-state index in [0.29, 0.717) is 17.0 Å². The SMILES string of the molecule is CCOC(=O)C(=Nc1ccc(OC)cc1)C(C)C(=O)c1ccccc1. The lowest BCUT2D eigenvalue weighted by molar-refractivity contribution is -0.135. The van der Waals surface area contributed by atoms with Crippen molar-refractivity contribution in [3.8, 4) is 5.75 Å². The molecule has 0 aliphatic heterocycles. The second-order valence-electron chi connectivity index (χ2n) is 5.37. The van der Waals surface area contributed by atoms with Gasteiger partial charge in [0, 0.05) is 5.56 Å². The molecule has 1 atom stereocenters. The molecule has 0 saturated carbocycles. The lowest BCUT2D eigenvalue weighted by Gasteiger charge is -2.13. The van der Waals surface area contributed by atoms with Crippen LogP contribution in [0.4, 0.5) is 5.69 Å². The van der Waals surface area contributed by atoms with E-state index in [9.17, 15) is 9.59 Å². The predicted molar refractivity (Wildman–Crippen MR) is 96.7 cm³/mol. The van der Waals surface area contributed by atoms with E-state index in [1.165, 1.54) is 0 Å². The van der Waals surface area contributed by atoms with Gasteiger partial charge in [-0.05, 0) is 38.1 Å². The Morgan fingerprint density at radius 1 is 1.04 bits per heavy atom. The molecule has 5 heteroatoms. The Kier molecular flexibility index (Phi) is 6.46. The summed E-state index contributed by atoms with van der Waals surface area (Å²) in [6.07, 6.45) is 0. The van der Waals surface area contributed by atoms with Crippen LogP contribution in [0, 0.1) is 5.92 Å². The van der Waals surface area contributed by atoms with E-state index in [-0.39, 0.29) is 18.1 Å². The summed E-state index contributed by atoms with van der Waals surface area (Å²) in [7, 11) is 1.57. The number of ketones is 1. The van der Waals surface area contributed by atoms with Crippen LogP contribution in [0.5, 0.6) is 5.75 Å². The van der Waals surface area contributed by atoms with E-state index in [2.05, 4.69) is 4.99 Å². The van der Waals surface area contributed by atoms with Crippen molar-refractivity contribution in [2.75, 3.05) is 13.7 Å². The number of esters is 1. The Morgan fingerprint density at radius 2 is 1.68 bits per heavy atom. The number of rotatable bonds is 7. The Balaban J connectivity index is 2.35. The maximum atomic E-state index is 12.7. The average Bonchev–Trinajstić information content (AvgIpc) is 2.66. The van der Waals surface area contributed by atoms with Gasteiger partial charge in [-0.15, -0.1) is 0 Å². The van der Waals surface area contributed by atoms with Crippen LogP contribution in [0.3, 0.4) is 0 Å². The maximum absolute atomic E-state index is 12.7. The average molecular weight is 339 g/mol. The van der Waals surface area contributed by atoms with E-state index in [1.54, 1.807) is 69.5 Å². The quantitative estimate of drug-likeness (QED) is 0.437. The highest BCUT2D eigenvalue weighted by Gasteiger charge is 2.27. The zero-order valence-corrected chi connectivity index (χ0v) is 14.6. The van der Waals surface area contributed by atoms with Gasteiger partial charge in [-0.25, -0.2) is 9.79 Å². The van der Waals surface area contributed by atoms with Crippen LogP contribution in [0.1, 0.15) is 24.2 Å². The standard InChI is InChI=1S/C20H21NO4/c1-4-25-20(23)18(21-16-10-12-17(24-3)13-11-16)14(2)19(22)15-8-6-5-7-9-15/h5-14H,4H2,1-3H3. The largest absolute Gasteiger partial charge is 0.497 e. The number of aliphatic imine (C=N–C) groups is 1. The van der Waals surface area contributed by atoms with Crippen LogP contribution < -0.4 is 4.74 Å².